The number of ketones is 1. The highest BCUT2D eigenvalue weighted by Crippen LogP contribution is 2.33. The van der Waals surface area contributed by atoms with Crippen molar-refractivity contribution in [3.05, 3.63) is 75.8 Å². The maximum atomic E-state index is 12.8. The van der Waals surface area contributed by atoms with Gasteiger partial charge in [0.05, 0.1) is 25.5 Å². The number of Topliss-reactive ketones (excluding diaryl/α,β-unsaturated/α-hetero) is 1. The van der Waals surface area contributed by atoms with Gasteiger partial charge in [-0.05, 0) is 49.7 Å². The van der Waals surface area contributed by atoms with E-state index in [9.17, 15) is 9.59 Å². The summed E-state index contributed by atoms with van der Waals surface area (Å²) in [7, 11) is 1.63. The Morgan fingerprint density at radius 1 is 1.19 bits per heavy atom. The largest absolute Gasteiger partial charge is 0.496 e. The fraction of sp³-hybridized carbons (Fsp3) is 0.259. The van der Waals surface area contributed by atoms with Crippen LogP contribution in [0.3, 0.4) is 0 Å². The van der Waals surface area contributed by atoms with Crippen LogP contribution in [0.15, 0.2) is 57.9 Å². The minimum Gasteiger partial charge on any atom is -0.496 e. The summed E-state index contributed by atoms with van der Waals surface area (Å²) >= 11 is 0. The van der Waals surface area contributed by atoms with Crippen LogP contribution in [0.25, 0.3) is 22.2 Å². The number of ether oxygens (including phenoxy) is 2. The van der Waals surface area contributed by atoms with Crippen molar-refractivity contribution in [2.24, 2.45) is 0 Å². The molecule has 2 aromatic heterocycles. The molecule has 0 saturated carbocycles. The second-order valence-electron chi connectivity index (χ2n) is 8.60. The van der Waals surface area contributed by atoms with Crippen molar-refractivity contribution in [3.63, 3.8) is 0 Å². The van der Waals surface area contributed by atoms with Gasteiger partial charge in [-0.1, -0.05) is 6.07 Å². The highest BCUT2D eigenvalue weighted by atomic mass is 16.5. The third kappa shape index (κ3) is 4.58. The molecule has 0 bridgehead atoms. The van der Waals surface area contributed by atoms with E-state index in [1.807, 2.05) is 43.3 Å². The lowest BCUT2D eigenvalue weighted by Gasteiger charge is -2.26. The Hall–Kier alpha value is -4.08. The molecule has 36 heavy (non-hydrogen) atoms. The van der Waals surface area contributed by atoms with E-state index < -0.39 is 11.7 Å². The Labute approximate surface area is 207 Å². The van der Waals surface area contributed by atoms with Gasteiger partial charge < -0.3 is 24.5 Å². The molecule has 1 saturated heterocycles. The standard InChI is InChI=1S/C27H26N4O5/c1-15-4-6-18(21(12-15)34-3)20-8-9-29-27(31-20)30-17-5-7-19-22(13-17)36-26(33)24(16(2)32)25(19)23-14-28-10-11-35-23/h4-9,12-13,23,28H,10-11,14H2,1-3H3,(H,29,30,31). The molecule has 3 heterocycles. The minimum atomic E-state index is -0.680. The van der Waals surface area contributed by atoms with E-state index in [-0.39, 0.29) is 11.3 Å². The molecule has 0 spiro atoms. The molecular weight excluding hydrogens is 460 g/mol. The number of hydrogen-bond acceptors (Lipinski definition) is 9. The van der Waals surface area contributed by atoms with Gasteiger partial charge in [0.2, 0.25) is 5.95 Å². The van der Waals surface area contributed by atoms with E-state index in [2.05, 4.69) is 20.6 Å². The highest BCUT2D eigenvalue weighted by Gasteiger charge is 2.27. The maximum Gasteiger partial charge on any atom is 0.347 e. The molecule has 1 atom stereocenters. The lowest BCUT2D eigenvalue weighted by Crippen LogP contribution is -2.35. The van der Waals surface area contributed by atoms with Crippen molar-refractivity contribution >= 4 is 28.4 Å². The van der Waals surface area contributed by atoms with Crippen LogP contribution in [0.4, 0.5) is 11.6 Å². The summed E-state index contributed by atoms with van der Waals surface area (Å²) in [6.07, 6.45) is 1.24. The molecule has 0 radical (unpaired) electrons. The van der Waals surface area contributed by atoms with Gasteiger partial charge in [0.15, 0.2) is 5.78 Å². The zero-order valence-electron chi connectivity index (χ0n) is 20.3. The summed E-state index contributed by atoms with van der Waals surface area (Å²) in [5.74, 6) is 0.742. The topological polar surface area (TPSA) is 116 Å². The minimum absolute atomic E-state index is 0.0278. The smallest absolute Gasteiger partial charge is 0.347 e. The molecule has 184 valence electrons. The molecule has 1 unspecified atom stereocenters. The van der Waals surface area contributed by atoms with E-state index >= 15 is 0 Å². The number of carbonyl (C=O) groups excluding carboxylic acids is 1. The van der Waals surface area contributed by atoms with Crippen molar-refractivity contribution in [3.8, 4) is 17.0 Å². The summed E-state index contributed by atoms with van der Waals surface area (Å²) < 4.78 is 17.0. The van der Waals surface area contributed by atoms with Crippen molar-refractivity contribution in [2.45, 2.75) is 20.0 Å². The van der Waals surface area contributed by atoms with Gasteiger partial charge in [-0.25, -0.2) is 14.8 Å². The van der Waals surface area contributed by atoms with Crippen molar-refractivity contribution in [1.82, 2.24) is 15.3 Å². The summed E-state index contributed by atoms with van der Waals surface area (Å²) in [5, 5.41) is 7.08. The number of morpholine rings is 1. The molecule has 1 aliphatic heterocycles. The molecule has 0 amide bonds. The lowest BCUT2D eigenvalue weighted by molar-refractivity contribution is 0.0277. The van der Waals surface area contributed by atoms with E-state index in [1.165, 1.54) is 6.92 Å². The number of aromatic nitrogens is 2. The van der Waals surface area contributed by atoms with Gasteiger partial charge >= 0.3 is 5.63 Å². The zero-order valence-corrected chi connectivity index (χ0v) is 20.3. The van der Waals surface area contributed by atoms with Crippen LogP contribution in [-0.4, -0.2) is 42.6 Å². The molecule has 2 N–H and O–H groups in total. The summed E-state index contributed by atoms with van der Waals surface area (Å²) in [6, 6.07) is 13.1. The number of rotatable bonds is 6. The van der Waals surface area contributed by atoms with Crippen LogP contribution in [-0.2, 0) is 4.74 Å². The Balaban J connectivity index is 1.52. The Morgan fingerprint density at radius 3 is 2.81 bits per heavy atom. The van der Waals surface area contributed by atoms with E-state index in [1.54, 1.807) is 19.4 Å². The SMILES string of the molecule is COc1cc(C)ccc1-c1ccnc(Nc2ccc3c(C4CNCCO4)c(C(C)=O)c(=O)oc3c2)n1. The molecule has 5 rings (SSSR count). The van der Waals surface area contributed by atoms with E-state index in [4.69, 9.17) is 13.9 Å². The fourth-order valence-corrected chi connectivity index (χ4v) is 4.43. The van der Waals surface area contributed by atoms with E-state index in [0.717, 1.165) is 16.9 Å². The number of nitrogens with one attached hydrogen (secondary N) is 2. The lowest BCUT2D eigenvalue weighted by atomic mass is 9.96. The van der Waals surface area contributed by atoms with Crippen LogP contribution >= 0.6 is 0 Å². The molecule has 9 heteroatoms. The predicted octanol–water partition coefficient (Wildman–Crippen LogP) is 4.17. The van der Waals surface area contributed by atoms with Gasteiger partial charge in [-0.2, -0.15) is 0 Å². The predicted molar refractivity (Wildman–Crippen MR) is 136 cm³/mol. The number of hydrogen-bond donors (Lipinski definition) is 2. The van der Waals surface area contributed by atoms with Crippen LogP contribution in [0.1, 0.15) is 34.5 Å². The highest BCUT2D eigenvalue weighted by molar-refractivity contribution is 6.00. The van der Waals surface area contributed by atoms with Gasteiger partial charge in [-0.3, -0.25) is 4.79 Å². The third-order valence-electron chi connectivity index (χ3n) is 6.09. The summed E-state index contributed by atoms with van der Waals surface area (Å²) in [6.45, 7) is 5.07. The number of aryl methyl sites for hydroxylation is 1. The fourth-order valence-electron chi connectivity index (χ4n) is 4.43. The molecular formula is C27H26N4O5. The van der Waals surface area contributed by atoms with Crippen molar-refractivity contribution < 1.29 is 18.7 Å². The number of carbonyl (C=O) groups is 1. The number of nitrogens with zero attached hydrogens (tertiary/aromatic N) is 2. The average molecular weight is 487 g/mol. The average Bonchev–Trinajstić information content (AvgIpc) is 2.88. The normalized spacial score (nSPS) is 15.6. The first-order valence-electron chi connectivity index (χ1n) is 11.6. The second-order valence-corrected chi connectivity index (χ2v) is 8.60. The Bertz CT molecular complexity index is 1510. The molecule has 9 nitrogen and oxygen atoms in total. The van der Waals surface area contributed by atoms with Crippen LogP contribution in [0.5, 0.6) is 5.75 Å². The van der Waals surface area contributed by atoms with Crippen molar-refractivity contribution in [1.29, 1.82) is 0 Å². The number of fused-ring (bicyclic) bond motifs is 1. The number of benzene rings is 2. The molecule has 2 aromatic carbocycles. The van der Waals surface area contributed by atoms with Crippen LogP contribution in [0.2, 0.25) is 0 Å². The van der Waals surface area contributed by atoms with Crippen LogP contribution < -0.4 is 21.0 Å². The Morgan fingerprint density at radius 2 is 2.06 bits per heavy atom. The summed E-state index contributed by atoms with van der Waals surface area (Å²) in [5.41, 5.74) is 3.51. The summed E-state index contributed by atoms with van der Waals surface area (Å²) in [4.78, 5) is 34.1. The molecule has 1 aliphatic rings. The zero-order chi connectivity index (χ0) is 25.2. The number of methoxy groups -OCH3 is 1. The molecule has 4 aromatic rings. The third-order valence-corrected chi connectivity index (χ3v) is 6.09. The van der Waals surface area contributed by atoms with E-state index in [0.29, 0.717) is 53.6 Å². The maximum absolute atomic E-state index is 12.8. The Kier molecular flexibility index (Phi) is 6.49. The van der Waals surface area contributed by atoms with Gasteiger partial charge in [-0.15, -0.1) is 0 Å². The van der Waals surface area contributed by atoms with Gasteiger partial charge in [0, 0.05) is 47.6 Å². The molecule has 0 aliphatic carbocycles. The first-order chi connectivity index (χ1) is 17.4. The quantitative estimate of drug-likeness (QED) is 0.306. The van der Waals surface area contributed by atoms with Gasteiger partial charge in [0.1, 0.15) is 16.9 Å². The molecule has 1 fully saturated rings. The monoisotopic (exact) mass is 486 g/mol. The number of anilines is 2. The van der Waals surface area contributed by atoms with Gasteiger partial charge in [0.25, 0.3) is 0 Å². The second kappa shape index (κ2) is 9.88. The first kappa shape index (κ1) is 23.7. The first-order valence-corrected chi connectivity index (χ1v) is 11.6. The van der Waals surface area contributed by atoms with Crippen LogP contribution in [0, 0.1) is 6.92 Å². The van der Waals surface area contributed by atoms with Crippen molar-refractivity contribution in [2.75, 3.05) is 32.1 Å².